The van der Waals surface area contributed by atoms with Gasteiger partial charge in [0.2, 0.25) is 0 Å². The minimum atomic E-state index is -4.71. The number of aliphatic hydroxyl groups excluding tert-OH is 1. The highest BCUT2D eigenvalue weighted by atomic mass is 19.4. The highest BCUT2D eigenvalue weighted by molar-refractivity contribution is 5.63. The van der Waals surface area contributed by atoms with Crippen LogP contribution in [0.5, 0.6) is 0 Å². The number of hydrogen-bond donors (Lipinski definition) is 2. The molecule has 0 aromatic heterocycles. The topological polar surface area (TPSA) is 75.4 Å². The number of rotatable bonds is 5. The number of nitro groups is 1. The number of nitro benzene ring substituents is 1. The highest BCUT2D eigenvalue weighted by Gasteiger charge is 2.33. The second-order valence-corrected chi connectivity index (χ2v) is 4.91. The molecule has 24 heavy (non-hydrogen) atoms. The normalized spacial score (nSPS) is 12.7. The average molecular weight is 344 g/mol. The Labute approximate surface area is 133 Å². The molecular formula is C15H12F4N2O3. The third-order valence-electron chi connectivity index (χ3n) is 3.27. The minimum Gasteiger partial charge on any atom is -0.386 e. The van der Waals surface area contributed by atoms with E-state index in [-0.39, 0.29) is 17.8 Å². The molecule has 0 aliphatic rings. The van der Waals surface area contributed by atoms with Crippen molar-refractivity contribution < 1.29 is 27.6 Å². The highest BCUT2D eigenvalue weighted by Crippen LogP contribution is 2.35. The van der Waals surface area contributed by atoms with E-state index in [0.717, 1.165) is 12.1 Å². The summed E-state index contributed by atoms with van der Waals surface area (Å²) >= 11 is 0. The molecule has 0 saturated carbocycles. The average Bonchev–Trinajstić information content (AvgIpc) is 2.51. The van der Waals surface area contributed by atoms with Gasteiger partial charge in [-0.05, 0) is 18.2 Å². The molecule has 2 aromatic rings. The van der Waals surface area contributed by atoms with Gasteiger partial charge in [-0.3, -0.25) is 10.1 Å². The molecule has 0 aliphatic carbocycles. The molecule has 0 heterocycles. The summed E-state index contributed by atoms with van der Waals surface area (Å²) in [5.41, 5.74) is -2.18. The van der Waals surface area contributed by atoms with E-state index >= 15 is 0 Å². The lowest BCUT2D eigenvalue weighted by molar-refractivity contribution is -0.384. The molecule has 0 fully saturated rings. The van der Waals surface area contributed by atoms with Crippen LogP contribution in [0.25, 0.3) is 0 Å². The van der Waals surface area contributed by atoms with Gasteiger partial charge in [-0.15, -0.1) is 0 Å². The van der Waals surface area contributed by atoms with Crippen LogP contribution in [0, 0.1) is 15.9 Å². The zero-order valence-corrected chi connectivity index (χ0v) is 12.0. The van der Waals surface area contributed by atoms with Gasteiger partial charge < -0.3 is 10.4 Å². The molecule has 2 N–H and O–H groups in total. The Bertz CT molecular complexity index is 750. The first-order valence-corrected chi connectivity index (χ1v) is 6.72. The van der Waals surface area contributed by atoms with E-state index in [4.69, 9.17) is 0 Å². The van der Waals surface area contributed by atoms with Crippen molar-refractivity contribution >= 4 is 11.4 Å². The van der Waals surface area contributed by atoms with Crippen molar-refractivity contribution in [2.75, 3.05) is 11.9 Å². The van der Waals surface area contributed by atoms with Crippen molar-refractivity contribution in [2.24, 2.45) is 0 Å². The van der Waals surface area contributed by atoms with Gasteiger partial charge in [0.1, 0.15) is 11.5 Å². The van der Waals surface area contributed by atoms with Crippen molar-refractivity contribution in [1.82, 2.24) is 0 Å². The van der Waals surface area contributed by atoms with E-state index < -0.39 is 34.3 Å². The number of alkyl halides is 3. The lowest BCUT2D eigenvalue weighted by Crippen LogP contribution is -2.15. The number of hydrogen-bond acceptors (Lipinski definition) is 4. The summed E-state index contributed by atoms with van der Waals surface area (Å²) in [5, 5.41) is 23.3. The molecule has 0 aliphatic heterocycles. The number of benzene rings is 2. The molecular weight excluding hydrogens is 332 g/mol. The van der Waals surface area contributed by atoms with Gasteiger partial charge in [-0.2, -0.15) is 13.2 Å². The predicted molar refractivity (Wildman–Crippen MR) is 77.9 cm³/mol. The summed E-state index contributed by atoms with van der Waals surface area (Å²) < 4.78 is 51.4. The lowest BCUT2D eigenvalue weighted by Gasteiger charge is -2.15. The largest absolute Gasteiger partial charge is 0.416 e. The maximum absolute atomic E-state index is 13.5. The molecule has 0 saturated heterocycles. The summed E-state index contributed by atoms with van der Waals surface area (Å²) in [4.78, 5) is 9.98. The van der Waals surface area contributed by atoms with E-state index in [1.54, 1.807) is 0 Å². The number of anilines is 1. The lowest BCUT2D eigenvalue weighted by atomic mass is 10.1. The van der Waals surface area contributed by atoms with Gasteiger partial charge in [-0.25, -0.2) is 4.39 Å². The Balaban J connectivity index is 2.21. The van der Waals surface area contributed by atoms with Gasteiger partial charge in [0.15, 0.2) is 0 Å². The number of nitrogens with zero attached hydrogens (tertiary/aromatic N) is 1. The molecule has 128 valence electrons. The Morgan fingerprint density at radius 3 is 2.46 bits per heavy atom. The van der Waals surface area contributed by atoms with E-state index in [1.165, 1.54) is 18.2 Å². The van der Waals surface area contributed by atoms with E-state index in [0.29, 0.717) is 12.1 Å². The van der Waals surface area contributed by atoms with Crippen LogP contribution in [0.4, 0.5) is 28.9 Å². The first-order valence-electron chi connectivity index (χ1n) is 6.72. The van der Waals surface area contributed by atoms with E-state index in [1.807, 2.05) is 0 Å². The van der Waals surface area contributed by atoms with Crippen molar-refractivity contribution in [1.29, 1.82) is 0 Å². The van der Waals surface area contributed by atoms with Crippen molar-refractivity contribution in [3.8, 4) is 0 Å². The van der Waals surface area contributed by atoms with Crippen molar-refractivity contribution in [2.45, 2.75) is 12.3 Å². The fraction of sp³-hybridized carbons (Fsp3) is 0.200. The van der Waals surface area contributed by atoms with Gasteiger partial charge in [0.05, 0.1) is 16.6 Å². The van der Waals surface area contributed by atoms with Crippen molar-refractivity contribution in [3.63, 3.8) is 0 Å². The Morgan fingerprint density at radius 2 is 1.88 bits per heavy atom. The van der Waals surface area contributed by atoms with E-state index in [2.05, 4.69) is 5.32 Å². The molecule has 0 amide bonds. The summed E-state index contributed by atoms with van der Waals surface area (Å²) in [5.74, 6) is -0.659. The van der Waals surface area contributed by atoms with Crippen LogP contribution in [0.1, 0.15) is 17.2 Å². The molecule has 0 unspecified atom stereocenters. The summed E-state index contributed by atoms with van der Waals surface area (Å²) in [6, 6.07) is 7.39. The van der Waals surface area contributed by atoms with Crippen LogP contribution < -0.4 is 5.32 Å². The molecule has 0 spiro atoms. The molecule has 2 aromatic carbocycles. The Hall–Kier alpha value is -2.68. The second-order valence-electron chi connectivity index (χ2n) is 4.91. The monoisotopic (exact) mass is 344 g/mol. The third kappa shape index (κ3) is 3.99. The summed E-state index contributed by atoms with van der Waals surface area (Å²) in [7, 11) is 0. The second kappa shape index (κ2) is 6.83. The molecule has 1 atom stereocenters. The molecule has 5 nitrogen and oxygen atoms in total. The van der Waals surface area contributed by atoms with Crippen LogP contribution in [0.15, 0.2) is 42.5 Å². The number of nitrogens with one attached hydrogen (secondary N) is 1. The van der Waals surface area contributed by atoms with E-state index in [9.17, 15) is 32.8 Å². The minimum absolute atomic E-state index is 0.0282. The zero-order chi connectivity index (χ0) is 17.9. The third-order valence-corrected chi connectivity index (χ3v) is 3.27. The first-order chi connectivity index (χ1) is 11.2. The molecule has 2 rings (SSSR count). The van der Waals surface area contributed by atoms with Gasteiger partial charge in [0, 0.05) is 18.2 Å². The van der Waals surface area contributed by atoms with Gasteiger partial charge in [0.25, 0.3) is 5.69 Å². The first kappa shape index (κ1) is 17.7. The van der Waals surface area contributed by atoms with Crippen LogP contribution in [-0.2, 0) is 6.18 Å². The fourth-order valence-electron chi connectivity index (χ4n) is 2.07. The smallest absolute Gasteiger partial charge is 0.386 e. The summed E-state index contributed by atoms with van der Waals surface area (Å²) in [6.07, 6.45) is -6.04. The fourth-order valence-corrected chi connectivity index (χ4v) is 2.07. The maximum atomic E-state index is 13.5. The van der Waals surface area contributed by atoms with Crippen LogP contribution in [-0.4, -0.2) is 16.6 Å². The SMILES string of the molecule is O=[N+]([O-])c1cc(C(F)(F)F)ccc1NC[C@H](O)c1ccccc1F. The zero-order valence-electron chi connectivity index (χ0n) is 12.0. The molecule has 0 radical (unpaired) electrons. The molecule has 0 bridgehead atoms. The van der Waals surface area contributed by atoms with Gasteiger partial charge in [-0.1, -0.05) is 18.2 Å². The van der Waals surface area contributed by atoms with Crippen molar-refractivity contribution in [3.05, 3.63) is 69.5 Å². The maximum Gasteiger partial charge on any atom is 0.416 e. The quantitative estimate of drug-likeness (QED) is 0.490. The van der Waals surface area contributed by atoms with Gasteiger partial charge >= 0.3 is 6.18 Å². The van der Waals surface area contributed by atoms with Crippen LogP contribution >= 0.6 is 0 Å². The number of halogens is 4. The summed E-state index contributed by atoms with van der Waals surface area (Å²) in [6.45, 7) is -0.312. The standard InChI is InChI=1S/C15H12F4N2O3/c16-11-4-2-1-3-10(11)14(22)8-20-12-6-5-9(15(17,18)19)7-13(12)21(23)24/h1-7,14,20,22H,8H2/t14-/m0/s1. The van der Waals surface area contributed by atoms with Crippen LogP contribution in [0.2, 0.25) is 0 Å². The molecule has 9 heteroatoms. The predicted octanol–water partition coefficient (Wildman–Crippen LogP) is 3.90. The Morgan fingerprint density at radius 1 is 1.21 bits per heavy atom. The number of aliphatic hydroxyl groups is 1. The van der Waals surface area contributed by atoms with Crippen LogP contribution in [0.3, 0.4) is 0 Å². The Kier molecular flexibility index (Phi) is 5.03.